The topological polar surface area (TPSA) is 55.1 Å². The first-order chi connectivity index (χ1) is 11.9. The Hall–Kier alpha value is -2.36. The number of ketones is 1. The third-order valence-electron chi connectivity index (χ3n) is 5.39. The van der Waals surface area contributed by atoms with Gasteiger partial charge in [-0.2, -0.15) is 0 Å². The van der Waals surface area contributed by atoms with Crippen molar-refractivity contribution in [3.05, 3.63) is 57.9 Å². The number of carbonyl (C=O) groups excluding carboxylic acids is 1. The molecule has 4 heteroatoms. The third kappa shape index (κ3) is 2.60. The Labute approximate surface area is 148 Å². The number of hydrogen-bond donors (Lipinski definition) is 1. The molecule has 2 aromatic rings. The van der Waals surface area contributed by atoms with E-state index in [0.29, 0.717) is 12.3 Å². The summed E-state index contributed by atoms with van der Waals surface area (Å²) in [4.78, 5) is 13.0. The van der Waals surface area contributed by atoms with Crippen LogP contribution in [-0.4, -0.2) is 10.9 Å². The minimum absolute atomic E-state index is 0.0356. The second-order valence-corrected chi connectivity index (χ2v) is 8.00. The molecule has 1 aromatic heterocycles. The Morgan fingerprint density at radius 1 is 1.24 bits per heavy atom. The Balaban J connectivity index is 1.89. The number of aryl methyl sites for hydroxylation is 2. The Morgan fingerprint density at radius 3 is 2.64 bits per heavy atom. The highest BCUT2D eigenvalue weighted by Gasteiger charge is 2.42. The number of aromatic nitrogens is 1. The van der Waals surface area contributed by atoms with Gasteiger partial charge in [-0.25, -0.2) is 0 Å². The Kier molecular flexibility index (Phi) is 3.60. The molecule has 130 valence electrons. The van der Waals surface area contributed by atoms with Crippen LogP contribution in [-0.2, 0) is 11.2 Å². The molecule has 1 N–H and O–H groups in total. The monoisotopic (exact) mass is 336 g/mol. The minimum Gasteiger partial charge on any atom is -0.338 e. The molecule has 25 heavy (non-hydrogen) atoms. The van der Waals surface area contributed by atoms with Gasteiger partial charge in [0.25, 0.3) is 0 Å². The first-order valence-electron chi connectivity index (χ1n) is 8.98. The van der Waals surface area contributed by atoms with Crippen LogP contribution in [0.3, 0.4) is 0 Å². The van der Waals surface area contributed by atoms with Gasteiger partial charge < -0.3 is 9.84 Å². The average molecular weight is 336 g/mol. The molecule has 0 fully saturated rings. The van der Waals surface area contributed by atoms with Gasteiger partial charge >= 0.3 is 0 Å². The number of allylic oxidation sites excluding steroid dienone is 2. The maximum absolute atomic E-state index is 13.0. The first-order valence-corrected chi connectivity index (χ1v) is 8.98. The second-order valence-electron chi connectivity index (χ2n) is 8.00. The van der Waals surface area contributed by atoms with Gasteiger partial charge in [-0.15, -0.1) is 0 Å². The Bertz CT molecular complexity index is 872. The van der Waals surface area contributed by atoms with Crippen molar-refractivity contribution in [2.24, 2.45) is 5.41 Å². The molecule has 0 radical (unpaired) electrons. The summed E-state index contributed by atoms with van der Waals surface area (Å²) in [6.07, 6.45) is 2.43. The molecule has 4 nitrogen and oxygen atoms in total. The van der Waals surface area contributed by atoms with Crippen molar-refractivity contribution in [3.8, 4) is 0 Å². The summed E-state index contributed by atoms with van der Waals surface area (Å²) in [5, 5.41) is 7.51. The highest BCUT2D eigenvalue weighted by molar-refractivity contribution is 6.01. The zero-order valence-electron chi connectivity index (χ0n) is 15.3. The first kappa shape index (κ1) is 16.1. The average Bonchev–Trinajstić information content (AvgIpc) is 2.93. The van der Waals surface area contributed by atoms with Crippen molar-refractivity contribution in [2.45, 2.75) is 52.9 Å². The van der Waals surface area contributed by atoms with E-state index >= 15 is 0 Å². The van der Waals surface area contributed by atoms with Gasteiger partial charge in [0.05, 0.1) is 11.3 Å². The van der Waals surface area contributed by atoms with Gasteiger partial charge in [0.1, 0.15) is 0 Å². The number of carbonyl (C=O) groups is 1. The molecule has 0 spiro atoms. The van der Waals surface area contributed by atoms with E-state index in [4.69, 9.17) is 4.52 Å². The predicted molar refractivity (Wildman–Crippen MR) is 97.6 cm³/mol. The summed E-state index contributed by atoms with van der Waals surface area (Å²) >= 11 is 0. The van der Waals surface area contributed by atoms with Crippen LogP contribution in [0.5, 0.6) is 0 Å². The molecule has 1 aliphatic heterocycles. The van der Waals surface area contributed by atoms with E-state index in [2.05, 4.69) is 55.5 Å². The molecule has 0 amide bonds. The van der Waals surface area contributed by atoms with Crippen molar-refractivity contribution < 1.29 is 9.32 Å². The fourth-order valence-corrected chi connectivity index (χ4v) is 4.15. The van der Waals surface area contributed by atoms with Gasteiger partial charge in [-0.1, -0.05) is 50.2 Å². The van der Waals surface area contributed by atoms with Gasteiger partial charge in [-0.3, -0.25) is 4.79 Å². The molecule has 1 aliphatic carbocycles. The number of anilines is 1. The zero-order valence-corrected chi connectivity index (χ0v) is 15.3. The molecule has 0 saturated carbocycles. The number of fused-ring (bicyclic) bond motifs is 1. The fourth-order valence-electron chi connectivity index (χ4n) is 4.15. The van der Waals surface area contributed by atoms with E-state index in [1.54, 1.807) is 0 Å². The molecule has 2 aliphatic rings. The van der Waals surface area contributed by atoms with Crippen molar-refractivity contribution in [2.75, 3.05) is 5.32 Å². The third-order valence-corrected chi connectivity index (χ3v) is 5.39. The van der Waals surface area contributed by atoms with Crippen LogP contribution in [0.1, 0.15) is 61.9 Å². The lowest BCUT2D eigenvalue weighted by molar-refractivity contribution is -0.118. The predicted octanol–water partition coefficient (Wildman–Crippen LogP) is 4.75. The number of nitrogens with zero attached hydrogens (tertiary/aromatic N) is 1. The number of benzene rings is 1. The summed E-state index contributed by atoms with van der Waals surface area (Å²) in [7, 11) is 0. The van der Waals surface area contributed by atoms with Crippen LogP contribution in [0.4, 0.5) is 5.88 Å². The molecule has 1 unspecified atom stereocenters. The van der Waals surface area contributed by atoms with Crippen molar-refractivity contribution in [1.82, 2.24) is 5.16 Å². The van der Waals surface area contributed by atoms with Gasteiger partial charge in [0.15, 0.2) is 5.78 Å². The van der Waals surface area contributed by atoms with Crippen molar-refractivity contribution in [3.63, 3.8) is 0 Å². The minimum atomic E-state index is -0.0907. The largest absolute Gasteiger partial charge is 0.338 e. The van der Waals surface area contributed by atoms with E-state index in [0.717, 1.165) is 40.9 Å². The SMILES string of the molecule is CCc1ccc(C2C3=C(CC(C)(C)CC3=O)Nc3onc(C)c32)cc1. The quantitative estimate of drug-likeness (QED) is 0.860. The lowest BCUT2D eigenvalue weighted by atomic mass is 9.69. The van der Waals surface area contributed by atoms with Gasteiger partial charge in [0, 0.05) is 23.6 Å². The molecule has 4 rings (SSSR count). The summed E-state index contributed by atoms with van der Waals surface area (Å²) in [5.74, 6) is 0.827. The van der Waals surface area contributed by atoms with Crippen LogP contribution in [0.15, 0.2) is 40.1 Å². The summed E-state index contributed by atoms with van der Waals surface area (Å²) < 4.78 is 5.53. The van der Waals surface area contributed by atoms with Gasteiger partial charge in [0.2, 0.25) is 5.88 Å². The van der Waals surface area contributed by atoms with Crippen LogP contribution in [0.25, 0.3) is 0 Å². The highest BCUT2D eigenvalue weighted by Crippen LogP contribution is 2.49. The fraction of sp³-hybridized carbons (Fsp3) is 0.429. The molecule has 2 heterocycles. The van der Waals surface area contributed by atoms with Crippen molar-refractivity contribution in [1.29, 1.82) is 0 Å². The number of rotatable bonds is 2. The van der Waals surface area contributed by atoms with Crippen LogP contribution in [0.2, 0.25) is 0 Å². The number of nitrogens with one attached hydrogen (secondary N) is 1. The molecule has 0 bridgehead atoms. The smallest absolute Gasteiger partial charge is 0.233 e. The highest BCUT2D eigenvalue weighted by atomic mass is 16.5. The van der Waals surface area contributed by atoms with Crippen LogP contribution >= 0.6 is 0 Å². The standard InChI is InChI=1S/C21H24N2O2/c1-5-13-6-8-14(9-7-13)18-17-12(2)23-25-20(17)22-15-10-21(3,4)11-16(24)19(15)18/h6-9,18,22H,5,10-11H2,1-4H3. The normalized spacial score (nSPS) is 21.6. The summed E-state index contributed by atoms with van der Waals surface area (Å²) in [5.41, 5.74) is 6.12. The molecule has 1 atom stereocenters. The molecule has 0 saturated heterocycles. The number of hydrogen-bond acceptors (Lipinski definition) is 4. The van der Waals surface area contributed by atoms with Crippen molar-refractivity contribution >= 4 is 11.7 Å². The Morgan fingerprint density at radius 2 is 1.96 bits per heavy atom. The van der Waals surface area contributed by atoms with E-state index in [1.165, 1.54) is 5.56 Å². The van der Waals surface area contributed by atoms with E-state index < -0.39 is 0 Å². The molecular formula is C21H24N2O2. The summed E-state index contributed by atoms with van der Waals surface area (Å²) in [6, 6.07) is 8.58. The lowest BCUT2D eigenvalue weighted by Gasteiger charge is -2.37. The zero-order chi connectivity index (χ0) is 17.8. The second kappa shape index (κ2) is 5.58. The molecular weight excluding hydrogens is 312 g/mol. The van der Waals surface area contributed by atoms with E-state index in [9.17, 15) is 4.79 Å². The number of Topliss-reactive ketones (excluding diaryl/α,β-unsaturated/α-hetero) is 1. The van der Waals surface area contributed by atoms with E-state index in [-0.39, 0.29) is 17.1 Å². The molecule has 1 aromatic carbocycles. The van der Waals surface area contributed by atoms with Crippen LogP contribution < -0.4 is 5.32 Å². The maximum Gasteiger partial charge on any atom is 0.233 e. The maximum atomic E-state index is 13.0. The lowest BCUT2D eigenvalue weighted by Crippen LogP contribution is -2.33. The van der Waals surface area contributed by atoms with Gasteiger partial charge in [-0.05, 0) is 36.3 Å². The van der Waals surface area contributed by atoms with E-state index in [1.807, 2.05) is 6.92 Å². The van der Waals surface area contributed by atoms with Crippen LogP contribution in [0, 0.1) is 12.3 Å². The summed E-state index contributed by atoms with van der Waals surface area (Å²) in [6.45, 7) is 8.38.